The maximum Gasteiger partial charge on any atom is 0.330 e. The number of carbonyl (C=O) groups excluding carboxylic acids is 2. The van der Waals surface area contributed by atoms with E-state index in [0.29, 0.717) is 30.3 Å². The first-order chi connectivity index (χ1) is 13.5. The standard InChI is InChI=1S/C21H22ClN3O3/c1-2-28-20(26)10-4-15-3-9-19(23-13-15)24-18-11-12-25(14-18)21(27)16-5-7-17(22)8-6-16/h3-10,13,18H,2,11-12,14H2,1H3,(H,23,24)/t18-/m0/s1. The third-order valence-corrected chi connectivity index (χ3v) is 4.66. The molecule has 1 saturated heterocycles. The zero-order chi connectivity index (χ0) is 19.9. The van der Waals surface area contributed by atoms with Gasteiger partial charge in [0.25, 0.3) is 5.91 Å². The van der Waals surface area contributed by atoms with Crippen LogP contribution >= 0.6 is 11.6 Å². The van der Waals surface area contributed by atoms with Crippen LogP contribution in [0.3, 0.4) is 0 Å². The number of hydrogen-bond donors (Lipinski definition) is 1. The van der Waals surface area contributed by atoms with Crippen LogP contribution in [-0.2, 0) is 9.53 Å². The maximum absolute atomic E-state index is 12.6. The van der Waals surface area contributed by atoms with Crippen molar-refractivity contribution < 1.29 is 14.3 Å². The molecule has 0 saturated carbocycles. The molecule has 0 unspecified atom stereocenters. The number of likely N-dealkylation sites (tertiary alicyclic amines) is 1. The second-order valence-electron chi connectivity index (χ2n) is 6.45. The van der Waals surface area contributed by atoms with E-state index >= 15 is 0 Å². The molecular formula is C21H22ClN3O3. The van der Waals surface area contributed by atoms with Crippen LogP contribution in [0.25, 0.3) is 6.08 Å². The Morgan fingerprint density at radius 2 is 2.07 bits per heavy atom. The number of pyridine rings is 1. The molecule has 28 heavy (non-hydrogen) atoms. The summed E-state index contributed by atoms with van der Waals surface area (Å²) in [5.74, 6) is 0.369. The summed E-state index contributed by atoms with van der Waals surface area (Å²) in [5.41, 5.74) is 1.45. The molecule has 1 amide bonds. The highest BCUT2D eigenvalue weighted by Gasteiger charge is 2.27. The maximum atomic E-state index is 12.6. The average molecular weight is 400 g/mol. The predicted octanol–water partition coefficient (Wildman–Crippen LogP) is 3.64. The molecule has 1 aromatic carbocycles. The molecule has 1 atom stereocenters. The summed E-state index contributed by atoms with van der Waals surface area (Å²) >= 11 is 5.88. The first kappa shape index (κ1) is 19.9. The molecule has 7 heteroatoms. The van der Waals surface area contributed by atoms with Crippen LogP contribution < -0.4 is 5.32 Å². The molecule has 1 fully saturated rings. The van der Waals surface area contributed by atoms with Crippen LogP contribution in [0.1, 0.15) is 29.3 Å². The van der Waals surface area contributed by atoms with Crippen molar-refractivity contribution in [3.8, 4) is 0 Å². The summed E-state index contributed by atoms with van der Waals surface area (Å²) in [7, 11) is 0. The number of rotatable bonds is 6. The van der Waals surface area contributed by atoms with Crippen LogP contribution in [-0.4, -0.2) is 47.5 Å². The second kappa shape index (κ2) is 9.37. The average Bonchev–Trinajstić information content (AvgIpc) is 3.16. The lowest BCUT2D eigenvalue weighted by atomic mass is 10.2. The van der Waals surface area contributed by atoms with Gasteiger partial charge in [-0.1, -0.05) is 11.6 Å². The predicted molar refractivity (Wildman–Crippen MR) is 109 cm³/mol. The van der Waals surface area contributed by atoms with E-state index in [0.717, 1.165) is 17.8 Å². The number of ether oxygens (including phenoxy) is 1. The van der Waals surface area contributed by atoms with Crippen LogP contribution in [0.15, 0.2) is 48.7 Å². The number of benzene rings is 1. The molecule has 1 aromatic heterocycles. The Bertz CT molecular complexity index is 850. The minimum Gasteiger partial charge on any atom is -0.463 e. The third kappa shape index (κ3) is 5.33. The van der Waals surface area contributed by atoms with E-state index in [2.05, 4.69) is 10.3 Å². The highest BCUT2D eigenvalue weighted by molar-refractivity contribution is 6.30. The fourth-order valence-electron chi connectivity index (χ4n) is 2.99. The van der Waals surface area contributed by atoms with Gasteiger partial charge in [-0.2, -0.15) is 0 Å². The molecule has 0 bridgehead atoms. The summed E-state index contributed by atoms with van der Waals surface area (Å²) in [6.45, 7) is 3.43. The van der Waals surface area contributed by atoms with Gasteiger partial charge in [0.05, 0.1) is 6.61 Å². The van der Waals surface area contributed by atoms with Gasteiger partial charge in [0, 0.05) is 42.0 Å². The van der Waals surface area contributed by atoms with Crippen molar-refractivity contribution in [1.82, 2.24) is 9.88 Å². The van der Waals surface area contributed by atoms with Gasteiger partial charge in [-0.25, -0.2) is 9.78 Å². The molecule has 6 nitrogen and oxygen atoms in total. The molecule has 1 N–H and O–H groups in total. The van der Waals surface area contributed by atoms with Crippen molar-refractivity contribution in [2.24, 2.45) is 0 Å². The Balaban J connectivity index is 1.53. The number of hydrogen-bond acceptors (Lipinski definition) is 5. The van der Waals surface area contributed by atoms with Crippen molar-refractivity contribution in [2.45, 2.75) is 19.4 Å². The summed E-state index contributed by atoms with van der Waals surface area (Å²) in [6.07, 6.45) is 5.58. The first-order valence-electron chi connectivity index (χ1n) is 9.17. The van der Waals surface area contributed by atoms with Gasteiger partial charge in [0.2, 0.25) is 0 Å². The number of aromatic nitrogens is 1. The first-order valence-corrected chi connectivity index (χ1v) is 9.55. The molecular weight excluding hydrogens is 378 g/mol. The van der Waals surface area contributed by atoms with Gasteiger partial charge < -0.3 is 15.0 Å². The molecule has 0 spiro atoms. The lowest BCUT2D eigenvalue weighted by Gasteiger charge is -2.17. The van der Waals surface area contributed by atoms with E-state index < -0.39 is 0 Å². The SMILES string of the molecule is CCOC(=O)C=Cc1ccc(N[C@H]2CCN(C(=O)c3ccc(Cl)cc3)C2)nc1. The van der Waals surface area contributed by atoms with Crippen molar-refractivity contribution in [2.75, 3.05) is 25.0 Å². The van der Waals surface area contributed by atoms with Crippen molar-refractivity contribution >= 4 is 35.4 Å². The van der Waals surface area contributed by atoms with Crippen LogP contribution in [0, 0.1) is 0 Å². The smallest absolute Gasteiger partial charge is 0.330 e. The molecule has 2 heterocycles. The molecule has 1 aliphatic rings. The van der Waals surface area contributed by atoms with Gasteiger partial charge in [-0.15, -0.1) is 0 Å². The Morgan fingerprint density at radius 1 is 1.29 bits per heavy atom. The number of nitrogens with one attached hydrogen (secondary N) is 1. The van der Waals surface area contributed by atoms with Gasteiger partial charge in [0.15, 0.2) is 0 Å². The summed E-state index contributed by atoms with van der Waals surface area (Å²) in [6, 6.07) is 10.8. The lowest BCUT2D eigenvalue weighted by Crippen LogP contribution is -2.31. The summed E-state index contributed by atoms with van der Waals surface area (Å²) in [4.78, 5) is 30.1. The van der Waals surface area contributed by atoms with E-state index in [1.165, 1.54) is 6.08 Å². The van der Waals surface area contributed by atoms with E-state index in [-0.39, 0.29) is 17.9 Å². The number of halogens is 1. The minimum absolute atomic E-state index is 0.00776. The van der Waals surface area contributed by atoms with Crippen LogP contribution in [0.2, 0.25) is 5.02 Å². The highest BCUT2D eigenvalue weighted by atomic mass is 35.5. The fourth-order valence-corrected chi connectivity index (χ4v) is 3.12. The molecule has 0 aliphatic carbocycles. The van der Waals surface area contributed by atoms with Crippen molar-refractivity contribution in [3.63, 3.8) is 0 Å². The number of carbonyl (C=O) groups is 2. The zero-order valence-corrected chi connectivity index (χ0v) is 16.4. The largest absolute Gasteiger partial charge is 0.463 e. The molecule has 0 radical (unpaired) electrons. The van der Waals surface area contributed by atoms with Gasteiger partial charge >= 0.3 is 5.97 Å². The second-order valence-corrected chi connectivity index (χ2v) is 6.89. The van der Waals surface area contributed by atoms with E-state index in [9.17, 15) is 9.59 Å². The summed E-state index contributed by atoms with van der Waals surface area (Å²) < 4.78 is 4.85. The number of esters is 1. The molecule has 1 aliphatic heterocycles. The van der Waals surface area contributed by atoms with Crippen LogP contribution in [0.5, 0.6) is 0 Å². The van der Waals surface area contributed by atoms with E-state index in [4.69, 9.17) is 16.3 Å². The Hall–Kier alpha value is -2.86. The number of amides is 1. The van der Waals surface area contributed by atoms with Gasteiger partial charge in [-0.3, -0.25) is 4.79 Å². The molecule has 3 rings (SSSR count). The van der Waals surface area contributed by atoms with Crippen LogP contribution in [0.4, 0.5) is 5.82 Å². The van der Waals surface area contributed by atoms with Gasteiger partial charge in [0.1, 0.15) is 5.82 Å². The van der Waals surface area contributed by atoms with Gasteiger partial charge in [-0.05, 0) is 61.4 Å². The fraction of sp³-hybridized carbons (Fsp3) is 0.286. The summed E-state index contributed by atoms with van der Waals surface area (Å²) in [5, 5.41) is 3.97. The number of anilines is 1. The van der Waals surface area contributed by atoms with E-state index in [1.54, 1.807) is 43.5 Å². The molecule has 2 aromatic rings. The lowest BCUT2D eigenvalue weighted by molar-refractivity contribution is -0.137. The Kier molecular flexibility index (Phi) is 6.66. The normalized spacial score (nSPS) is 16.4. The Labute approximate surface area is 169 Å². The minimum atomic E-state index is -0.374. The highest BCUT2D eigenvalue weighted by Crippen LogP contribution is 2.18. The molecule has 146 valence electrons. The third-order valence-electron chi connectivity index (χ3n) is 4.40. The van der Waals surface area contributed by atoms with Crippen molar-refractivity contribution in [3.05, 3.63) is 64.8 Å². The topological polar surface area (TPSA) is 71.5 Å². The van der Waals surface area contributed by atoms with Crippen molar-refractivity contribution in [1.29, 1.82) is 0 Å². The quantitative estimate of drug-likeness (QED) is 0.593. The van der Waals surface area contributed by atoms with E-state index in [1.807, 2.05) is 17.0 Å². The number of nitrogens with zero attached hydrogens (tertiary/aromatic N) is 2. The Morgan fingerprint density at radius 3 is 2.75 bits per heavy atom. The monoisotopic (exact) mass is 399 g/mol. The zero-order valence-electron chi connectivity index (χ0n) is 15.6.